The van der Waals surface area contributed by atoms with Gasteiger partial charge in [0.1, 0.15) is 11.5 Å². The second kappa shape index (κ2) is 6.64. The second-order valence-electron chi connectivity index (χ2n) is 4.40. The molecule has 0 N–H and O–H groups in total. The number of carbonyl (C=O) groups excluding carboxylic acids is 1. The molecule has 0 radical (unpaired) electrons. The van der Waals surface area contributed by atoms with Crippen molar-refractivity contribution in [3.05, 3.63) is 57.8 Å². The van der Waals surface area contributed by atoms with Gasteiger partial charge in [0.05, 0.1) is 9.79 Å². The van der Waals surface area contributed by atoms with Crippen molar-refractivity contribution < 1.29 is 17.9 Å². The average Bonchev–Trinajstić information content (AvgIpc) is 2.87. The van der Waals surface area contributed by atoms with E-state index < -0.39 is 15.8 Å². The number of hydrogen-bond donors (Lipinski definition) is 0. The SMILES string of the molecule is C=CCOC(=O)c1scc(S(=O)(=O)c2ccc(Cl)cc2)c1C. The zero-order valence-corrected chi connectivity index (χ0v) is 14.1. The Hall–Kier alpha value is -1.63. The lowest BCUT2D eigenvalue weighted by atomic mass is 10.3. The molecule has 0 bridgehead atoms. The molecule has 1 aromatic heterocycles. The van der Waals surface area contributed by atoms with Crippen molar-refractivity contribution >= 4 is 38.7 Å². The first-order valence-electron chi connectivity index (χ1n) is 6.24. The highest BCUT2D eigenvalue weighted by molar-refractivity contribution is 7.91. The molecular weight excluding hydrogens is 344 g/mol. The fourth-order valence-corrected chi connectivity index (χ4v) is 4.75. The third-order valence-electron chi connectivity index (χ3n) is 2.93. The smallest absolute Gasteiger partial charge is 0.348 e. The third kappa shape index (κ3) is 3.24. The minimum atomic E-state index is -3.70. The molecule has 1 aromatic carbocycles. The predicted molar refractivity (Wildman–Crippen MR) is 86.4 cm³/mol. The van der Waals surface area contributed by atoms with E-state index in [0.717, 1.165) is 11.3 Å². The Morgan fingerprint density at radius 1 is 1.36 bits per heavy atom. The molecule has 0 aliphatic rings. The fourth-order valence-electron chi connectivity index (χ4n) is 1.81. The molecule has 116 valence electrons. The molecule has 2 aromatic rings. The Bertz CT molecular complexity index is 805. The first kappa shape index (κ1) is 16.7. The number of ether oxygens (including phenoxy) is 1. The summed E-state index contributed by atoms with van der Waals surface area (Å²) in [5.41, 5.74) is 0.383. The zero-order valence-electron chi connectivity index (χ0n) is 11.7. The maximum atomic E-state index is 12.6. The Morgan fingerprint density at radius 2 is 2.00 bits per heavy atom. The standard InChI is InChI=1S/C15H13ClO4S2/c1-3-8-20-15(17)14-10(2)13(9-21-14)22(18,19)12-6-4-11(16)5-7-12/h3-7,9H,1,8H2,2H3. The van der Waals surface area contributed by atoms with Crippen molar-refractivity contribution in [3.8, 4) is 0 Å². The van der Waals surface area contributed by atoms with Crippen molar-refractivity contribution in [1.29, 1.82) is 0 Å². The highest BCUT2D eigenvalue weighted by atomic mass is 35.5. The summed E-state index contributed by atoms with van der Waals surface area (Å²) in [6, 6.07) is 5.89. The van der Waals surface area contributed by atoms with Crippen LogP contribution in [0.4, 0.5) is 0 Å². The second-order valence-corrected chi connectivity index (χ2v) is 7.63. The van der Waals surface area contributed by atoms with Crippen LogP contribution in [-0.2, 0) is 14.6 Å². The van der Waals surface area contributed by atoms with Gasteiger partial charge in [0.25, 0.3) is 0 Å². The molecule has 4 nitrogen and oxygen atoms in total. The molecule has 22 heavy (non-hydrogen) atoms. The van der Waals surface area contributed by atoms with Crippen molar-refractivity contribution in [2.24, 2.45) is 0 Å². The first-order chi connectivity index (χ1) is 10.4. The van der Waals surface area contributed by atoms with Crippen molar-refractivity contribution in [3.63, 3.8) is 0 Å². The predicted octanol–water partition coefficient (Wildman–Crippen LogP) is 3.89. The molecule has 0 spiro atoms. The van der Waals surface area contributed by atoms with E-state index in [-0.39, 0.29) is 21.3 Å². The van der Waals surface area contributed by atoms with Gasteiger partial charge in [-0.2, -0.15) is 0 Å². The molecule has 7 heteroatoms. The van der Waals surface area contributed by atoms with Crippen LogP contribution < -0.4 is 0 Å². The Morgan fingerprint density at radius 3 is 2.59 bits per heavy atom. The summed E-state index contributed by atoms with van der Waals surface area (Å²) in [6.45, 7) is 5.13. The van der Waals surface area contributed by atoms with E-state index in [1.54, 1.807) is 6.92 Å². The van der Waals surface area contributed by atoms with Crippen LogP contribution in [0.5, 0.6) is 0 Å². The van der Waals surface area contributed by atoms with Gasteiger partial charge >= 0.3 is 5.97 Å². The highest BCUT2D eigenvalue weighted by Gasteiger charge is 2.25. The Balaban J connectivity index is 2.41. The lowest BCUT2D eigenvalue weighted by Crippen LogP contribution is -2.07. The van der Waals surface area contributed by atoms with Crippen LogP contribution in [0.15, 0.2) is 52.1 Å². The Kier molecular flexibility index (Phi) is 5.05. The minimum Gasteiger partial charge on any atom is -0.457 e. The summed E-state index contributed by atoms with van der Waals surface area (Å²) >= 11 is 6.82. The maximum absolute atomic E-state index is 12.6. The zero-order chi connectivity index (χ0) is 16.3. The van der Waals surface area contributed by atoms with Crippen LogP contribution in [0.25, 0.3) is 0 Å². The molecule has 0 saturated heterocycles. The van der Waals surface area contributed by atoms with Gasteiger partial charge in [0.15, 0.2) is 0 Å². The maximum Gasteiger partial charge on any atom is 0.348 e. The van der Waals surface area contributed by atoms with E-state index in [9.17, 15) is 13.2 Å². The molecule has 0 aliphatic heterocycles. The van der Waals surface area contributed by atoms with Crippen LogP contribution >= 0.6 is 22.9 Å². The largest absolute Gasteiger partial charge is 0.457 e. The molecule has 0 unspecified atom stereocenters. The lowest BCUT2D eigenvalue weighted by Gasteiger charge is -2.05. The van der Waals surface area contributed by atoms with Gasteiger partial charge in [-0.25, -0.2) is 13.2 Å². The van der Waals surface area contributed by atoms with E-state index in [1.165, 1.54) is 35.7 Å². The fraction of sp³-hybridized carbons (Fsp3) is 0.133. The highest BCUT2D eigenvalue weighted by Crippen LogP contribution is 2.31. The normalized spacial score (nSPS) is 11.2. The topological polar surface area (TPSA) is 60.4 Å². The average molecular weight is 357 g/mol. The van der Waals surface area contributed by atoms with Crippen molar-refractivity contribution in [2.45, 2.75) is 16.7 Å². The minimum absolute atomic E-state index is 0.0788. The number of esters is 1. The van der Waals surface area contributed by atoms with E-state index in [2.05, 4.69) is 6.58 Å². The molecule has 2 rings (SSSR count). The van der Waals surface area contributed by atoms with Crippen LogP contribution in [0, 0.1) is 6.92 Å². The summed E-state index contributed by atoms with van der Waals surface area (Å²) in [7, 11) is -3.70. The quantitative estimate of drug-likeness (QED) is 0.602. The monoisotopic (exact) mass is 356 g/mol. The molecule has 0 saturated carbocycles. The molecule has 1 heterocycles. The van der Waals surface area contributed by atoms with Crippen LogP contribution in [0.2, 0.25) is 5.02 Å². The van der Waals surface area contributed by atoms with Crippen molar-refractivity contribution in [1.82, 2.24) is 0 Å². The number of carbonyl (C=O) groups is 1. The van der Waals surface area contributed by atoms with Gasteiger partial charge in [-0.05, 0) is 36.8 Å². The van der Waals surface area contributed by atoms with Crippen LogP contribution in [0.3, 0.4) is 0 Å². The van der Waals surface area contributed by atoms with Gasteiger partial charge in [-0.1, -0.05) is 24.3 Å². The first-order valence-corrected chi connectivity index (χ1v) is 8.98. The summed E-state index contributed by atoms with van der Waals surface area (Å²) in [6.07, 6.45) is 1.45. The summed E-state index contributed by atoms with van der Waals surface area (Å²) < 4.78 is 30.2. The van der Waals surface area contributed by atoms with Crippen molar-refractivity contribution in [2.75, 3.05) is 6.61 Å². The van der Waals surface area contributed by atoms with E-state index in [4.69, 9.17) is 16.3 Å². The van der Waals surface area contributed by atoms with Gasteiger partial charge in [-0.3, -0.25) is 0 Å². The number of halogens is 1. The molecule has 0 aliphatic carbocycles. The lowest BCUT2D eigenvalue weighted by molar-refractivity contribution is 0.0554. The number of rotatable bonds is 5. The third-order valence-corrected chi connectivity index (χ3v) is 6.28. The number of hydrogen-bond acceptors (Lipinski definition) is 5. The molecular formula is C15H13ClO4S2. The van der Waals surface area contributed by atoms with E-state index in [0.29, 0.717) is 10.6 Å². The number of benzene rings is 1. The van der Waals surface area contributed by atoms with Crippen LogP contribution in [0.1, 0.15) is 15.2 Å². The van der Waals surface area contributed by atoms with Gasteiger partial charge in [0, 0.05) is 10.4 Å². The van der Waals surface area contributed by atoms with Gasteiger partial charge in [0.2, 0.25) is 9.84 Å². The molecule has 0 fully saturated rings. The number of sulfone groups is 1. The van der Waals surface area contributed by atoms with Gasteiger partial charge < -0.3 is 4.74 Å². The number of thiophene rings is 1. The van der Waals surface area contributed by atoms with Gasteiger partial charge in [-0.15, -0.1) is 11.3 Å². The van der Waals surface area contributed by atoms with Crippen LogP contribution in [-0.4, -0.2) is 21.0 Å². The molecule has 0 amide bonds. The summed E-state index contributed by atoms with van der Waals surface area (Å²) in [4.78, 5) is 12.4. The van der Waals surface area contributed by atoms with E-state index >= 15 is 0 Å². The summed E-state index contributed by atoms with van der Waals surface area (Å²) in [5, 5.41) is 1.90. The Labute approximate surface area is 137 Å². The summed E-state index contributed by atoms with van der Waals surface area (Å²) in [5.74, 6) is -0.556. The molecule has 0 atom stereocenters. The van der Waals surface area contributed by atoms with E-state index in [1.807, 2.05) is 0 Å².